The summed E-state index contributed by atoms with van der Waals surface area (Å²) in [6.45, 7) is 1.06. The van der Waals surface area contributed by atoms with Gasteiger partial charge in [0.2, 0.25) is 17.7 Å². The first-order chi connectivity index (χ1) is 18.0. The van der Waals surface area contributed by atoms with Gasteiger partial charge >= 0.3 is 5.69 Å². The molecule has 1 aromatic carbocycles. The number of amides is 1. The van der Waals surface area contributed by atoms with Gasteiger partial charge in [-0.25, -0.2) is 19.7 Å². The predicted octanol–water partition coefficient (Wildman–Crippen LogP) is 3.29. The molecule has 0 saturated carbocycles. The van der Waals surface area contributed by atoms with Crippen molar-refractivity contribution >= 4 is 28.7 Å². The van der Waals surface area contributed by atoms with E-state index in [2.05, 4.69) is 30.1 Å². The predicted molar refractivity (Wildman–Crippen MR) is 135 cm³/mol. The average Bonchev–Trinajstić information content (AvgIpc) is 3.52. The second-order valence-corrected chi connectivity index (χ2v) is 9.25. The van der Waals surface area contributed by atoms with Gasteiger partial charge in [-0.3, -0.25) is 14.3 Å². The maximum atomic E-state index is 13.0. The summed E-state index contributed by atoms with van der Waals surface area (Å²) in [4.78, 5) is 42.3. The zero-order valence-corrected chi connectivity index (χ0v) is 20.3. The zero-order chi connectivity index (χ0) is 25.4. The number of carbonyl (C=O) groups excluding carboxylic acids is 1. The molecule has 1 saturated heterocycles. The van der Waals surface area contributed by atoms with Gasteiger partial charge < -0.3 is 9.32 Å². The van der Waals surface area contributed by atoms with E-state index in [1.165, 1.54) is 6.33 Å². The Morgan fingerprint density at radius 3 is 2.68 bits per heavy atom. The molecule has 11 nitrogen and oxygen atoms in total. The van der Waals surface area contributed by atoms with E-state index < -0.39 is 0 Å². The van der Waals surface area contributed by atoms with Crippen molar-refractivity contribution in [2.45, 2.75) is 25.3 Å². The number of fused-ring (bicyclic) bond motifs is 1. The van der Waals surface area contributed by atoms with Crippen molar-refractivity contribution in [3.63, 3.8) is 0 Å². The first kappa shape index (κ1) is 23.0. The van der Waals surface area contributed by atoms with Crippen LogP contribution in [0.25, 0.3) is 33.7 Å². The molecule has 0 spiro atoms. The molecule has 6 rings (SSSR count). The van der Waals surface area contributed by atoms with E-state index in [9.17, 15) is 9.59 Å². The molecule has 4 aromatic heterocycles. The van der Waals surface area contributed by atoms with Gasteiger partial charge in [0.15, 0.2) is 5.65 Å². The number of H-pyrrole nitrogens is 1. The molecule has 0 radical (unpaired) electrons. The smallest absolute Gasteiger partial charge is 0.327 e. The minimum absolute atomic E-state index is 0.00320. The Labute approximate surface area is 215 Å². The molecule has 5 heterocycles. The van der Waals surface area contributed by atoms with Crippen molar-refractivity contribution in [3.8, 4) is 22.6 Å². The number of piperidine rings is 1. The Morgan fingerprint density at radius 1 is 1.08 bits per heavy atom. The number of benzene rings is 1. The van der Waals surface area contributed by atoms with Crippen molar-refractivity contribution < 1.29 is 9.21 Å². The van der Waals surface area contributed by atoms with Crippen molar-refractivity contribution in [2.24, 2.45) is 0 Å². The van der Waals surface area contributed by atoms with Gasteiger partial charge in [0.1, 0.15) is 12.7 Å². The maximum Gasteiger partial charge on any atom is 0.327 e. The lowest BCUT2D eigenvalue weighted by Crippen LogP contribution is -2.41. The number of nitrogens with zero attached hydrogens (tertiary/aromatic N) is 7. The molecule has 1 aliphatic rings. The van der Waals surface area contributed by atoms with Crippen molar-refractivity contribution in [1.82, 2.24) is 39.6 Å². The highest BCUT2D eigenvalue weighted by Crippen LogP contribution is 2.30. The van der Waals surface area contributed by atoms with Gasteiger partial charge in [-0.15, -0.1) is 10.2 Å². The standard InChI is InChI=1S/C25H21ClN8O3/c26-18-9-15(17-12-27-14-28-13-17)8-16(10-18)24-32-31-21(37-24)11-22(35)33-6-3-19(4-7-33)34-20-2-1-5-29-23(20)30-25(34)36/h1-2,5,8-10,12-14,19H,3-4,6-7,11H2,(H,29,30,36). The summed E-state index contributed by atoms with van der Waals surface area (Å²) in [6.07, 6.45) is 7.81. The van der Waals surface area contributed by atoms with Crippen molar-refractivity contribution in [2.75, 3.05) is 13.1 Å². The first-order valence-corrected chi connectivity index (χ1v) is 12.1. The van der Waals surface area contributed by atoms with Crippen molar-refractivity contribution in [3.05, 3.63) is 76.6 Å². The highest BCUT2D eigenvalue weighted by Gasteiger charge is 2.27. The number of hydrogen-bond donors (Lipinski definition) is 1. The van der Waals surface area contributed by atoms with Crippen LogP contribution in [0, 0.1) is 0 Å². The normalized spacial score (nSPS) is 14.4. The average molecular weight is 517 g/mol. The first-order valence-electron chi connectivity index (χ1n) is 11.8. The second kappa shape index (κ2) is 9.58. The largest absolute Gasteiger partial charge is 0.420 e. The Bertz CT molecular complexity index is 1640. The van der Waals surface area contributed by atoms with Crippen LogP contribution in [0.2, 0.25) is 5.02 Å². The summed E-state index contributed by atoms with van der Waals surface area (Å²) in [5, 5.41) is 8.69. The third-order valence-electron chi connectivity index (χ3n) is 6.48. The van der Waals surface area contributed by atoms with Crippen LogP contribution in [0.15, 0.2) is 64.5 Å². The molecule has 0 aliphatic carbocycles. The summed E-state index contributed by atoms with van der Waals surface area (Å²) in [5.41, 5.74) is 3.42. The minimum Gasteiger partial charge on any atom is -0.420 e. The third kappa shape index (κ3) is 4.60. The van der Waals surface area contributed by atoms with Crippen LogP contribution in [-0.2, 0) is 11.2 Å². The molecular formula is C25H21ClN8O3. The Hall–Kier alpha value is -4.38. The fourth-order valence-electron chi connectivity index (χ4n) is 4.71. The number of halogens is 1. The van der Waals surface area contributed by atoms with E-state index in [0.717, 1.165) is 16.6 Å². The molecule has 0 bridgehead atoms. The van der Waals surface area contributed by atoms with E-state index in [-0.39, 0.29) is 35.8 Å². The molecule has 37 heavy (non-hydrogen) atoms. The molecule has 5 aromatic rings. The molecular weight excluding hydrogens is 496 g/mol. The molecule has 0 unspecified atom stereocenters. The quantitative estimate of drug-likeness (QED) is 0.376. The van der Waals surface area contributed by atoms with Gasteiger partial charge in [0.05, 0.1) is 5.52 Å². The molecule has 1 aliphatic heterocycles. The molecule has 1 amide bonds. The summed E-state index contributed by atoms with van der Waals surface area (Å²) >= 11 is 6.31. The minimum atomic E-state index is -0.180. The molecule has 0 atom stereocenters. The Balaban J connectivity index is 1.13. The fraction of sp³-hybridized carbons (Fsp3) is 0.240. The summed E-state index contributed by atoms with van der Waals surface area (Å²) < 4.78 is 7.55. The fourth-order valence-corrected chi connectivity index (χ4v) is 4.94. The number of likely N-dealkylation sites (tertiary alicyclic amines) is 1. The Morgan fingerprint density at radius 2 is 1.86 bits per heavy atom. The van der Waals surface area contributed by atoms with E-state index in [4.69, 9.17) is 16.0 Å². The highest BCUT2D eigenvalue weighted by atomic mass is 35.5. The Kier molecular flexibility index (Phi) is 5.97. The van der Waals surface area contributed by atoms with Crippen LogP contribution in [0.4, 0.5) is 0 Å². The van der Waals surface area contributed by atoms with Crippen LogP contribution in [-0.4, -0.2) is 58.6 Å². The number of aromatic nitrogens is 7. The van der Waals surface area contributed by atoms with Crippen LogP contribution >= 0.6 is 11.6 Å². The van der Waals surface area contributed by atoms with Crippen LogP contribution in [0.5, 0.6) is 0 Å². The van der Waals surface area contributed by atoms with Gasteiger partial charge in [-0.2, -0.15) is 0 Å². The van der Waals surface area contributed by atoms with E-state index in [0.29, 0.717) is 42.2 Å². The van der Waals surface area contributed by atoms with Crippen LogP contribution < -0.4 is 5.69 Å². The number of nitrogens with one attached hydrogen (secondary N) is 1. The SMILES string of the molecule is O=C(Cc1nnc(-c2cc(Cl)cc(-c3cncnc3)c2)o1)N1CCC(n2c(=O)[nH]c3ncccc32)CC1. The third-order valence-corrected chi connectivity index (χ3v) is 6.70. The summed E-state index contributed by atoms with van der Waals surface area (Å²) in [6, 6.07) is 9.06. The van der Waals surface area contributed by atoms with Gasteiger partial charge in [0, 0.05) is 53.9 Å². The highest BCUT2D eigenvalue weighted by molar-refractivity contribution is 6.31. The van der Waals surface area contributed by atoms with E-state index in [1.54, 1.807) is 40.2 Å². The van der Waals surface area contributed by atoms with Gasteiger partial charge in [-0.1, -0.05) is 11.6 Å². The molecule has 186 valence electrons. The second-order valence-electron chi connectivity index (χ2n) is 8.82. The zero-order valence-electron chi connectivity index (χ0n) is 19.5. The lowest BCUT2D eigenvalue weighted by Gasteiger charge is -2.32. The van der Waals surface area contributed by atoms with Crippen molar-refractivity contribution in [1.29, 1.82) is 0 Å². The number of rotatable bonds is 5. The lowest BCUT2D eigenvalue weighted by molar-refractivity contribution is -0.132. The molecule has 1 N–H and O–H groups in total. The summed E-state index contributed by atoms with van der Waals surface area (Å²) in [7, 11) is 0. The van der Waals surface area contributed by atoms with Crippen LogP contribution in [0.3, 0.4) is 0 Å². The van der Waals surface area contributed by atoms with Gasteiger partial charge in [-0.05, 0) is 48.7 Å². The monoisotopic (exact) mass is 516 g/mol. The molecule has 12 heteroatoms. The van der Waals surface area contributed by atoms with E-state index >= 15 is 0 Å². The number of aromatic amines is 1. The topological polar surface area (TPSA) is 136 Å². The van der Waals surface area contributed by atoms with E-state index in [1.807, 2.05) is 18.2 Å². The molecule has 1 fully saturated rings. The lowest BCUT2D eigenvalue weighted by atomic mass is 10.0. The summed E-state index contributed by atoms with van der Waals surface area (Å²) in [5.74, 6) is 0.398. The maximum absolute atomic E-state index is 13.0. The van der Waals surface area contributed by atoms with Crippen LogP contribution in [0.1, 0.15) is 24.8 Å². The number of hydrogen-bond acceptors (Lipinski definition) is 8. The number of carbonyl (C=O) groups is 1. The van der Waals surface area contributed by atoms with Gasteiger partial charge in [0.25, 0.3) is 0 Å². The number of pyridine rings is 1. The number of imidazole rings is 1.